The minimum Gasteiger partial charge on any atom is -0.493 e. The zero-order chi connectivity index (χ0) is 16.0. The van der Waals surface area contributed by atoms with Crippen molar-refractivity contribution in [2.24, 2.45) is 11.7 Å². The lowest BCUT2D eigenvalue weighted by molar-refractivity contribution is -0.132. The summed E-state index contributed by atoms with van der Waals surface area (Å²) in [5.41, 5.74) is 6.91. The van der Waals surface area contributed by atoms with E-state index in [0.29, 0.717) is 30.4 Å². The largest absolute Gasteiger partial charge is 0.493 e. The second kappa shape index (κ2) is 7.88. The quantitative estimate of drug-likeness (QED) is 0.836. The molecule has 0 unspecified atom stereocenters. The van der Waals surface area contributed by atoms with Crippen LogP contribution in [0.2, 0.25) is 0 Å². The molecule has 1 aromatic rings. The molecular weight excluding hydrogens is 268 g/mol. The van der Waals surface area contributed by atoms with E-state index in [1.165, 1.54) is 0 Å². The van der Waals surface area contributed by atoms with Gasteiger partial charge in [-0.25, -0.2) is 0 Å². The minimum atomic E-state index is -0.449. The average Bonchev–Trinajstić information content (AvgIpc) is 2.45. The molecule has 0 aliphatic carbocycles. The van der Waals surface area contributed by atoms with Crippen molar-refractivity contribution in [3.05, 3.63) is 23.8 Å². The molecule has 0 radical (unpaired) electrons. The summed E-state index contributed by atoms with van der Waals surface area (Å²) >= 11 is 0. The van der Waals surface area contributed by atoms with E-state index in [1.54, 1.807) is 26.2 Å². The van der Waals surface area contributed by atoms with Crippen LogP contribution in [0.3, 0.4) is 0 Å². The number of carbonyl (C=O) groups is 1. The Balaban J connectivity index is 2.74. The fourth-order valence-electron chi connectivity index (χ4n) is 2.22. The van der Waals surface area contributed by atoms with E-state index >= 15 is 0 Å². The van der Waals surface area contributed by atoms with Crippen molar-refractivity contribution in [2.75, 3.05) is 21.3 Å². The molecule has 0 bridgehead atoms. The van der Waals surface area contributed by atoms with Gasteiger partial charge in [0, 0.05) is 13.6 Å². The fourth-order valence-corrected chi connectivity index (χ4v) is 2.22. The van der Waals surface area contributed by atoms with Crippen LogP contribution in [0.25, 0.3) is 0 Å². The Hall–Kier alpha value is -1.75. The number of nitrogens with zero attached hydrogens (tertiary/aromatic N) is 1. The predicted octanol–water partition coefficient (Wildman–Crippen LogP) is 2.04. The van der Waals surface area contributed by atoms with Gasteiger partial charge in [0.15, 0.2) is 11.5 Å². The summed E-state index contributed by atoms with van der Waals surface area (Å²) in [6, 6.07) is 5.17. The molecule has 1 aromatic carbocycles. The molecule has 1 amide bonds. The second-order valence-electron chi connectivity index (χ2n) is 5.62. The highest BCUT2D eigenvalue weighted by Crippen LogP contribution is 2.28. The molecule has 0 heterocycles. The van der Waals surface area contributed by atoms with E-state index in [1.807, 2.05) is 18.2 Å². The molecule has 2 N–H and O–H groups in total. The third-order valence-corrected chi connectivity index (χ3v) is 3.29. The first-order chi connectivity index (χ1) is 9.88. The number of carbonyl (C=O) groups excluding carboxylic acids is 1. The summed E-state index contributed by atoms with van der Waals surface area (Å²) < 4.78 is 10.5. The molecule has 5 heteroatoms. The van der Waals surface area contributed by atoms with Crippen LogP contribution in [0.15, 0.2) is 18.2 Å². The molecule has 0 saturated heterocycles. The molecule has 0 spiro atoms. The number of benzene rings is 1. The van der Waals surface area contributed by atoms with Gasteiger partial charge in [-0.15, -0.1) is 0 Å². The Morgan fingerprint density at radius 2 is 1.86 bits per heavy atom. The van der Waals surface area contributed by atoms with Crippen molar-refractivity contribution in [3.63, 3.8) is 0 Å². The van der Waals surface area contributed by atoms with Crippen molar-refractivity contribution in [2.45, 2.75) is 32.9 Å². The predicted molar refractivity (Wildman–Crippen MR) is 83.5 cm³/mol. The van der Waals surface area contributed by atoms with Gasteiger partial charge in [0.05, 0.1) is 20.3 Å². The van der Waals surface area contributed by atoms with Crippen LogP contribution < -0.4 is 15.2 Å². The SMILES string of the molecule is COc1ccc(CN(C)C(=O)[C@@H](N)CC(C)C)cc1OC. The van der Waals surface area contributed by atoms with Gasteiger partial charge in [0.2, 0.25) is 5.91 Å². The van der Waals surface area contributed by atoms with E-state index in [-0.39, 0.29) is 5.91 Å². The number of amides is 1. The first kappa shape index (κ1) is 17.3. The smallest absolute Gasteiger partial charge is 0.239 e. The van der Waals surface area contributed by atoms with E-state index in [2.05, 4.69) is 13.8 Å². The van der Waals surface area contributed by atoms with E-state index in [4.69, 9.17) is 15.2 Å². The Morgan fingerprint density at radius 3 is 2.38 bits per heavy atom. The summed E-state index contributed by atoms with van der Waals surface area (Å²) in [5.74, 6) is 1.69. The Morgan fingerprint density at radius 1 is 1.24 bits per heavy atom. The summed E-state index contributed by atoms with van der Waals surface area (Å²) in [6.45, 7) is 4.61. The number of likely N-dealkylation sites (N-methyl/N-ethyl adjacent to an activating group) is 1. The van der Waals surface area contributed by atoms with Crippen molar-refractivity contribution >= 4 is 5.91 Å². The fraction of sp³-hybridized carbons (Fsp3) is 0.562. The standard InChI is InChI=1S/C16H26N2O3/c1-11(2)8-13(17)16(19)18(3)10-12-6-7-14(20-4)15(9-12)21-5/h6-7,9,11,13H,8,10,17H2,1-5H3/t13-/m0/s1. The first-order valence-electron chi connectivity index (χ1n) is 7.10. The second-order valence-corrected chi connectivity index (χ2v) is 5.62. The molecule has 21 heavy (non-hydrogen) atoms. The van der Waals surface area contributed by atoms with Gasteiger partial charge >= 0.3 is 0 Å². The van der Waals surface area contributed by atoms with Gasteiger partial charge in [0.1, 0.15) is 0 Å². The topological polar surface area (TPSA) is 64.8 Å². The van der Waals surface area contributed by atoms with E-state index in [9.17, 15) is 4.79 Å². The van der Waals surface area contributed by atoms with Gasteiger partial charge in [-0.05, 0) is 30.0 Å². The van der Waals surface area contributed by atoms with Gasteiger partial charge in [-0.2, -0.15) is 0 Å². The van der Waals surface area contributed by atoms with Crippen LogP contribution in [0.1, 0.15) is 25.8 Å². The first-order valence-corrected chi connectivity index (χ1v) is 7.10. The Labute approximate surface area is 127 Å². The molecular formula is C16H26N2O3. The summed E-state index contributed by atoms with van der Waals surface area (Å²) in [4.78, 5) is 13.9. The number of ether oxygens (including phenoxy) is 2. The molecule has 0 aromatic heterocycles. The number of hydrogen-bond donors (Lipinski definition) is 1. The normalized spacial score (nSPS) is 12.1. The third-order valence-electron chi connectivity index (χ3n) is 3.29. The van der Waals surface area contributed by atoms with Crippen LogP contribution in [0.5, 0.6) is 11.5 Å². The molecule has 0 saturated carbocycles. The maximum Gasteiger partial charge on any atom is 0.239 e. The van der Waals surface area contributed by atoms with Crippen LogP contribution in [-0.2, 0) is 11.3 Å². The highest BCUT2D eigenvalue weighted by Gasteiger charge is 2.19. The highest BCUT2D eigenvalue weighted by atomic mass is 16.5. The Bertz CT molecular complexity index is 475. The number of nitrogens with two attached hydrogens (primary N) is 1. The highest BCUT2D eigenvalue weighted by molar-refractivity contribution is 5.81. The van der Waals surface area contributed by atoms with Crippen LogP contribution in [0.4, 0.5) is 0 Å². The van der Waals surface area contributed by atoms with Crippen LogP contribution >= 0.6 is 0 Å². The lowest BCUT2D eigenvalue weighted by Gasteiger charge is -2.22. The maximum atomic E-state index is 12.2. The molecule has 1 rings (SSSR count). The number of rotatable bonds is 7. The molecule has 0 aliphatic heterocycles. The molecule has 5 nitrogen and oxygen atoms in total. The third kappa shape index (κ3) is 4.93. The number of hydrogen-bond acceptors (Lipinski definition) is 4. The molecule has 1 atom stereocenters. The summed E-state index contributed by atoms with van der Waals surface area (Å²) in [5, 5.41) is 0. The van der Waals surface area contributed by atoms with Crippen LogP contribution in [0, 0.1) is 5.92 Å². The number of methoxy groups -OCH3 is 2. The van der Waals surface area contributed by atoms with E-state index < -0.39 is 6.04 Å². The zero-order valence-corrected chi connectivity index (χ0v) is 13.6. The monoisotopic (exact) mass is 294 g/mol. The Kier molecular flexibility index (Phi) is 6.49. The van der Waals surface area contributed by atoms with Gasteiger partial charge in [-0.3, -0.25) is 4.79 Å². The minimum absolute atomic E-state index is 0.0431. The summed E-state index contributed by atoms with van der Waals surface area (Å²) in [6.07, 6.45) is 0.690. The zero-order valence-electron chi connectivity index (χ0n) is 13.6. The maximum absolute atomic E-state index is 12.2. The van der Waals surface area contributed by atoms with Gasteiger partial charge < -0.3 is 20.1 Å². The lowest BCUT2D eigenvalue weighted by atomic mass is 10.0. The van der Waals surface area contributed by atoms with Crippen molar-refractivity contribution in [3.8, 4) is 11.5 Å². The summed E-state index contributed by atoms with van der Waals surface area (Å²) in [7, 11) is 4.95. The van der Waals surface area contributed by atoms with Crippen molar-refractivity contribution in [1.29, 1.82) is 0 Å². The molecule has 0 aliphatic rings. The average molecular weight is 294 g/mol. The van der Waals surface area contributed by atoms with Gasteiger partial charge in [-0.1, -0.05) is 19.9 Å². The van der Waals surface area contributed by atoms with Crippen LogP contribution in [-0.4, -0.2) is 38.1 Å². The van der Waals surface area contributed by atoms with Gasteiger partial charge in [0.25, 0.3) is 0 Å². The van der Waals surface area contributed by atoms with E-state index in [0.717, 1.165) is 5.56 Å². The van der Waals surface area contributed by atoms with Crippen molar-refractivity contribution in [1.82, 2.24) is 4.90 Å². The van der Waals surface area contributed by atoms with Crippen molar-refractivity contribution < 1.29 is 14.3 Å². The molecule has 118 valence electrons. The lowest BCUT2D eigenvalue weighted by Crippen LogP contribution is -2.42. The molecule has 0 fully saturated rings.